The minimum atomic E-state index is -0.236. The van der Waals surface area contributed by atoms with Gasteiger partial charge in [0.1, 0.15) is 17.0 Å². The molecule has 27 heavy (non-hydrogen) atoms. The van der Waals surface area contributed by atoms with Gasteiger partial charge in [-0.3, -0.25) is 9.20 Å². The van der Waals surface area contributed by atoms with Gasteiger partial charge in [-0.15, -0.1) is 0 Å². The van der Waals surface area contributed by atoms with Gasteiger partial charge in [0.15, 0.2) is 0 Å². The summed E-state index contributed by atoms with van der Waals surface area (Å²) in [5, 5.41) is 12.9. The zero-order chi connectivity index (χ0) is 19.0. The Kier molecular flexibility index (Phi) is 4.70. The smallest absolute Gasteiger partial charge is 0.270 e. The van der Waals surface area contributed by atoms with Crippen LogP contribution in [-0.2, 0) is 0 Å². The number of hydrogen-bond acceptors (Lipinski definition) is 3. The van der Waals surface area contributed by atoms with Crippen LogP contribution in [0.2, 0.25) is 0 Å². The Bertz CT molecular complexity index is 967. The summed E-state index contributed by atoms with van der Waals surface area (Å²) in [4.78, 5) is 17.9. The summed E-state index contributed by atoms with van der Waals surface area (Å²) in [6, 6.07) is 12.1. The molecule has 140 valence electrons. The molecule has 0 bridgehead atoms. The first-order chi connectivity index (χ1) is 13.0. The van der Waals surface area contributed by atoms with Gasteiger partial charge in [-0.25, -0.2) is 4.98 Å². The lowest BCUT2D eigenvalue weighted by Crippen LogP contribution is -2.39. The number of carbonyl (C=O) groups excluding carboxylic acids is 1. The minimum absolute atomic E-state index is 0.0992. The molecule has 2 aromatic heterocycles. The average Bonchev–Trinajstić information content (AvgIpc) is 3.03. The summed E-state index contributed by atoms with van der Waals surface area (Å²) in [7, 11) is 0. The number of amides is 1. The molecule has 0 atom stereocenters. The van der Waals surface area contributed by atoms with Gasteiger partial charge in [-0.2, -0.15) is 0 Å². The van der Waals surface area contributed by atoms with Crippen LogP contribution in [0.3, 0.4) is 0 Å². The van der Waals surface area contributed by atoms with Crippen LogP contribution in [0.5, 0.6) is 0 Å². The predicted molar refractivity (Wildman–Crippen MR) is 106 cm³/mol. The fourth-order valence-electron chi connectivity index (χ4n) is 3.75. The number of nitrogens with one attached hydrogen (secondary N) is 1. The standard InChI is InChI=1S/C22H25N3O2/c1-14-3-6-16(7-4-14)20-21(25-13-15(2)5-12-19(25)24-20)22(27)23-17-8-10-18(26)11-9-17/h3-7,12-13,17-18,26H,8-11H2,1-2H3,(H,23,27). The van der Waals surface area contributed by atoms with Gasteiger partial charge in [0.05, 0.1) is 6.10 Å². The van der Waals surface area contributed by atoms with E-state index in [1.165, 1.54) is 5.56 Å². The summed E-state index contributed by atoms with van der Waals surface area (Å²) in [5.74, 6) is -0.106. The van der Waals surface area contributed by atoms with Gasteiger partial charge >= 0.3 is 0 Å². The lowest BCUT2D eigenvalue weighted by Gasteiger charge is -2.26. The van der Waals surface area contributed by atoms with Gasteiger partial charge < -0.3 is 10.4 Å². The van der Waals surface area contributed by atoms with Crippen LogP contribution in [0.15, 0.2) is 42.6 Å². The molecule has 1 amide bonds. The fourth-order valence-corrected chi connectivity index (χ4v) is 3.75. The summed E-state index contributed by atoms with van der Waals surface area (Å²) in [6.07, 6.45) is 4.81. The van der Waals surface area contributed by atoms with E-state index >= 15 is 0 Å². The molecule has 1 aromatic carbocycles. The maximum Gasteiger partial charge on any atom is 0.270 e. The minimum Gasteiger partial charge on any atom is -0.393 e. The molecule has 5 nitrogen and oxygen atoms in total. The maximum atomic E-state index is 13.2. The second kappa shape index (κ2) is 7.16. The molecule has 0 radical (unpaired) electrons. The lowest BCUT2D eigenvalue weighted by molar-refractivity contribution is 0.0863. The van der Waals surface area contributed by atoms with E-state index in [4.69, 9.17) is 4.98 Å². The Labute approximate surface area is 159 Å². The second-order valence-electron chi connectivity index (χ2n) is 7.59. The van der Waals surface area contributed by atoms with Crippen LogP contribution in [-0.4, -0.2) is 32.5 Å². The van der Waals surface area contributed by atoms with Crippen molar-refractivity contribution in [1.29, 1.82) is 0 Å². The lowest BCUT2D eigenvalue weighted by atomic mass is 9.93. The third-order valence-corrected chi connectivity index (χ3v) is 5.34. The van der Waals surface area contributed by atoms with Crippen LogP contribution < -0.4 is 5.32 Å². The summed E-state index contributed by atoms with van der Waals surface area (Å²) < 4.78 is 1.89. The fraction of sp³-hybridized carbons (Fsp3) is 0.364. The highest BCUT2D eigenvalue weighted by Gasteiger charge is 2.25. The Morgan fingerprint density at radius 1 is 1.04 bits per heavy atom. The Hall–Kier alpha value is -2.66. The molecule has 4 rings (SSSR count). The van der Waals surface area contributed by atoms with Crippen molar-refractivity contribution in [3.63, 3.8) is 0 Å². The number of carbonyl (C=O) groups is 1. The van der Waals surface area contributed by atoms with Gasteiger partial charge in [-0.05, 0) is 51.2 Å². The number of fused-ring (bicyclic) bond motifs is 1. The maximum absolute atomic E-state index is 13.2. The number of aromatic nitrogens is 2. The van der Waals surface area contributed by atoms with Crippen molar-refractivity contribution in [2.24, 2.45) is 0 Å². The normalized spacial score (nSPS) is 20.0. The third kappa shape index (κ3) is 3.60. The number of aliphatic hydroxyl groups is 1. The summed E-state index contributed by atoms with van der Waals surface area (Å²) in [6.45, 7) is 4.05. The van der Waals surface area contributed by atoms with E-state index in [2.05, 4.69) is 5.32 Å². The van der Waals surface area contributed by atoms with Crippen molar-refractivity contribution < 1.29 is 9.90 Å². The molecule has 2 N–H and O–H groups in total. The molecule has 1 fully saturated rings. The van der Waals surface area contributed by atoms with E-state index in [1.54, 1.807) is 0 Å². The quantitative estimate of drug-likeness (QED) is 0.746. The molecule has 3 aromatic rings. The Morgan fingerprint density at radius 2 is 1.70 bits per heavy atom. The average molecular weight is 363 g/mol. The number of rotatable bonds is 3. The highest BCUT2D eigenvalue weighted by molar-refractivity contribution is 5.99. The zero-order valence-corrected chi connectivity index (χ0v) is 15.8. The Balaban J connectivity index is 1.74. The number of benzene rings is 1. The molecule has 1 aliphatic rings. The number of aryl methyl sites for hydroxylation is 2. The van der Waals surface area contributed by atoms with E-state index in [9.17, 15) is 9.90 Å². The van der Waals surface area contributed by atoms with E-state index in [-0.39, 0.29) is 18.1 Å². The van der Waals surface area contributed by atoms with Crippen LogP contribution in [0, 0.1) is 13.8 Å². The van der Waals surface area contributed by atoms with Gasteiger partial charge in [-0.1, -0.05) is 35.9 Å². The summed E-state index contributed by atoms with van der Waals surface area (Å²) >= 11 is 0. The first-order valence-corrected chi connectivity index (χ1v) is 9.56. The third-order valence-electron chi connectivity index (χ3n) is 5.34. The van der Waals surface area contributed by atoms with E-state index in [0.29, 0.717) is 11.4 Å². The molecule has 0 aliphatic heterocycles. The topological polar surface area (TPSA) is 66.6 Å². The Morgan fingerprint density at radius 3 is 2.41 bits per heavy atom. The number of aliphatic hydroxyl groups excluding tert-OH is 1. The van der Waals surface area contributed by atoms with Crippen molar-refractivity contribution in [1.82, 2.24) is 14.7 Å². The van der Waals surface area contributed by atoms with Crippen LogP contribution >= 0.6 is 0 Å². The van der Waals surface area contributed by atoms with Crippen molar-refractivity contribution in [2.45, 2.75) is 51.7 Å². The first kappa shape index (κ1) is 17.7. The van der Waals surface area contributed by atoms with Crippen molar-refractivity contribution >= 4 is 11.6 Å². The van der Waals surface area contributed by atoms with Gasteiger partial charge in [0, 0.05) is 17.8 Å². The van der Waals surface area contributed by atoms with Crippen LogP contribution in [0.1, 0.15) is 47.3 Å². The molecule has 0 spiro atoms. The molecular weight excluding hydrogens is 338 g/mol. The number of pyridine rings is 1. The molecule has 5 heteroatoms. The van der Waals surface area contributed by atoms with Crippen LogP contribution in [0.4, 0.5) is 0 Å². The van der Waals surface area contributed by atoms with E-state index < -0.39 is 0 Å². The van der Waals surface area contributed by atoms with Crippen molar-refractivity contribution in [3.8, 4) is 11.3 Å². The van der Waals surface area contributed by atoms with Crippen molar-refractivity contribution in [2.75, 3.05) is 0 Å². The van der Waals surface area contributed by atoms with Crippen molar-refractivity contribution in [3.05, 3.63) is 59.4 Å². The first-order valence-electron chi connectivity index (χ1n) is 9.56. The van der Waals surface area contributed by atoms with E-state index in [1.807, 2.05) is 60.8 Å². The van der Waals surface area contributed by atoms with Gasteiger partial charge in [0.25, 0.3) is 5.91 Å². The highest BCUT2D eigenvalue weighted by Crippen LogP contribution is 2.26. The summed E-state index contributed by atoms with van der Waals surface area (Å²) in [5.41, 5.74) is 5.22. The zero-order valence-electron chi connectivity index (χ0n) is 15.8. The SMILES string of the molecule is Cc1ccc(-c2nc3ccc(C)cn3c2C(=O)NC2CCC(O)CC2)cc1. The molecule has 1 aliphatic carbocycles. The predicted octanol–water partition coefficient (Wildman–Crippen LogP) is 3.65. The van der Waals surface area contributed by atoms with Gasteiger partial charge in [0.2, 0.25) is 0 Å². The second-order valence-corrected chi connectivity index (χ2v) is 7.59. The number of nitrogens with zero attached hydrogens (tertiary/aromatic N) is 2. The molecule has 0 saturated heterocycles. The monoisotopic (exact) mass is 363 g/mol. The highest BCUT2D eigenvalue weighted by atomic mass is 16.3. The van der Waals surface area contributed by atoms with Crippen LogP contribution in [0.25, 0.3) is 16.9 Å². The largest absolute Gasteiger partial charge is 0.393 e. The number of imidazole rings is 1. The van der Waals surface area contributed by atoms with E-state index in [0.717, 1.165) is 42.5 Å². The molecule has 1 saturated carbocycles. The molecule has 2 heterocycles. The molecular formula is C22H25N3O2. The number of hydrogen-bond donors (Lipinski definition) is 2. The molecule has 0 unspecified atom stereocenters.